The summed E-state index contributed by atoms with van der Waals surface area (Å²) in [6, 6.07) is 16.9. The standard InChI is InChI=1S/C23H32N2O5.ClH/c1-28-17-5-8-21(23(24)27)29-20-11-9-18(10-12-20)13-15-25-16-14-22(26)30-19-6-3-2-4-7-19;/h2-4,6-7,9-12,21-22,25-26H,5,8,13-17H2,1H3,(H2,24,27);1H. The maximum Gasteiger partial charge on any atom is 0.258 e. The van der Waals surface area contributed by atoms with E-state index in [0.717, 1.165) is 18.5 Å². The molecule has 0 radical (unpaired) electrons. The molecule has 0 spiro atoms. The molecule has 2 atom stereocenters. The fraction of sp³-hybridized carbons (Fsp3) is 0.435. The highest BCUT2D eigenvalue weighted by Gasteiger charge is 2.16. The molecule has 0 saturated heterocycles. The first-order valence-corrected chi connectivity index (χ1v) is 10.2. The molecule has 4 N–H and O–H groups in total. The maximum absolute atomic E-state index is 11.5. The SMILES string of the molecule is COCCCC(Oc1ccc(CCNCCC(O)Oc2ccccc2)cc1)C(N)=O.Cl. The summed E-state index contributed by atoms with van der Waals surface area (Å²) in [5, 5.41) is 13.2. The van der Waals surface area contributed by atoms with E-state index in [9.17, 15) is 9.90 Å². The Kier molecular flexibility index (Phi) is 13.3. The third kappa shape index (κ3) is 11.0. The van der Waals surface area contributed by atoms with Gasteiger partial charge in [-0.15, -0.1) is 12.4 Å². The molecule has 2 rings (SSSR count). The number of para-hydroxylation sites is 1. The van der Waals surface area contributed by atoms with Crippen molar-refractivity contribution in [1.29, 1.82) is 0 Å². The number of primary amides is 1. The quantitative estimate of drug-likeness (QED) is 0.283. The van der Waals surface area contributed by atoms with Gasteiger partial charge in [-0.2, -0.15) is 0 Å². The molecule has 0 heterocycles. The average molecular weight is 453 g/mol. The van der Waals surface area contributed by atoms with Crippen LogP contribution in [-0.4, -0.2) is 50.2 Å². The Morgan fingerprint density at radius 2 is 1.68 bits per heavy atom. The van der Waals surface area contributed by atoms with E-state index in [-0.39, 0.29) is 12.4 Å². The number of methoxy groups -OCH3 is 1. The van der Waals surface area contributed by atoms with E-state index in [1.54, 1.807) is 7.11 Å². The molecule has 2 aromatic carbocycles. The lowest BCUT2D eigenvalue weighted by atomic mass is 10.1. The van der Waals surface area contributed by atoms with Crippen molar-refractivity contribution >= 4 is 18.3 Å². The number of hydrogen-bond donors (Lipinski definition) is 3. The van der Waals surface area contributed by atoms with Gasteiger partial charge in [0.15, 0.2) is 12.4 Å². The van der Waals surface area contributed by atoms with E-state index >= 15 is 0 Å². The largest absolute Gasteiger partial charge is 0.481 e. The molecule has 7 nitrogen and oxygen atoms in total. The smallest absolute Gasteiger partial charge is 0.258 e. The number of nitrogens with two attached hydrogens (primary N) is 1. The first-order valence-electron chi connectivity index (χ1n) is 10.2. The minimum Gasteiger partial charge on any atom is -0.481 e. The maximum atomic E-state index is 11.5. The van der Waals surface area contributed by atoms with Crippen LogP contribution >= 0.6 is 12.4 Å². The summed E-state index contributed by atoms with van der Waals surface area (Å²) in [7, 11) is 1.62. The van der Waals surface area contributed by atoms with Crippen molar-refractivity contribution in [2.24, 2.45) is 5.73 Å². The van der Waals surface area contributed by atoms with Crippen molar-refractivity contribution in [3.63, 3.8) is 0 Å². The van der Waals surface area contributed by atoms with Crippen LogP contribution in [0.4, 0.5) is 0 Å². The molecule has 2 unspecified atom stereocenters. The number of amides is 1. The predicted molar refractivity (Wildman–Crippen MR) is 123 cm³/mol. The first-order chi connectivity index (χ1) is 14.6. The van der Waals surface area contributed by atoms with Gasteiger partial charge in [0.05, 0.1) is 0 Å². The highest BCUT2D eigenvalue weighted by atomic mass is 35.5. The van der Waals surface area contributed by atoms with Gasteiger partial charge >= 0.3 is 0 Å². The molecule has 31 heavy (non-hydrogen) atoms. The van der Waals surface area contributed by atoms with Crippen molar-refractivity contribution < 1.29 is 24.1 Å². The van der Waals surface area contributed by atoms with Crippen LogP contribution in [0.2, 0.25) is 0 Å². The third-order valence-corrected chi connectivity index (χ3v) is 4.51. The Hall–Kier alpha value is -2.32. The molecular weight excluding hydrogens is 420 g/mol. The molecule has 0 aliphatic rings. The molecule has 0 aliphatic heterocycles. The fourth-order valence-electron chi connectivity index (χ4n) is 2.87. The number of ether oxygens (including phenoxy) is 3. The summed E-state index contributed by atoms with van der Waals surface area (Å²) in [6.07, 6.45) is 1.08. The van der Waals surface area contributed by atoms with E-state index in [2.05, 4.69) is 5.32 Å². The molecule has 1 amide bonds. The van der Waals surface area contributed by atoms with Crippen LogP contribution < -0.4 is 20.5 Å². The highest BCUT2D eigenvalue weighted by molar-refractivity contribution is 5.85. The van der Waals surface area contributed by atoms with Crippen LogP contribution in [0.5, 0.6) is 11.5 Å². The monoisotopic (exact) mass is 452 g/mol. The topological polar surface area (TPSA) is 103 Å². The summed E-state index contributed by atoms with van der Waals surface area (Å²) in [5.41, 5.74) is 6.56. The average Bonchev–Trinajstić information content (AvgIpc) is 2.74. The van der Waals surface area contributed by atoms with E-state index in [1.165, 1.54) is 0 Å². The van der Waals surface area contributed by atoms with Crippen molar-refractivity contribution in [3.05, 3.63) is 60.2 Å². The number of benzene rings is 2. The number of halogens is 1. The predicted octanol–water partition coefficient (Wildman–Crippen LogP) is 2.69. The molecule has 0 aromatic heterocycles. The minimum atomic E-state index is -0.835. The van der Waals surface area contributed by atoms with Crippen LogP contribution in [0.15, 0.2) is 54.6 Å². The molecule has 0 aliphatic carbocycles. The van der Waals surface area contributed by atoms with Crippen LogP contribution in [0.25, 0.3) is 0 Å². The lowest BCUT2D eigenvalue weighted by Crippen LogP contribution is -2.33. The van der Waals surface area contributed by atoms with Gasteiger partial charge in [-0.1, -0.05) is 30.3 Å². The number of carbonyl (C=O) groups excluding carboxylic acids is 1. The number of aliphatic hydroxyl groups excluding tert-OH is 1. The molecule has 0 fully saturated rings. The number of carbonyl (C=O) groups is 1. The minimum absolute atomic E-state index is 0. The molecule has 172 valence electrons. The number of aliphatic hydroxyl groups is 1. The molecule has 2 aromatic rings. The van der Waals surface area contributed by atoms with Gasteiger partial charge in [0.25, 0.3) is 5.91 Å². The Labute approximate surface area is 190 Å². The van der Waals surface area contributed by atoms with Crippen molar-refractivity contribution in [2.75, 3.05) is 26.8 Å². The van der Waals surface area contributed by atoms with E-state index < -0.39 is 18.3 Å². The van der Waals surface area contributed by atoms with Gasteiger partial charge in [-0.3, -0.25) is 4.79 Å². The number of rotatable bonds is 15. The van der Waals surface area contributed by atoms with Gasteiger partial charge in [0.2, 0.25) is 0 Å². The van der Waals surface area contributed by atoms with Crippen molar-refractivity contribution in [2.45, 2.75) is 38.1 Å². The van der Waals surface area contributed by atoms with Crippen LogP contribution in [0.3, 0.4) is 0 Å². The lowest BCUT2D eigenvalue weighted by Gasteiger charge is -2.16. The summed E-state index contributed by atoms with van der Waals surface area (Å²) in [4.78, 5) is 11.5. The Bertz CT molecular complexity index is 731. The van der Waals surface area contributed by atoms with Crippen LogP contribution in [0.1, 0.15) is 24.8 Å². The Morgan fingerprint density at radius 3 is 2.32 bits per heavy atom. The second-order valence-electron chi connectivity index (χ2n) is 6.96. The van der Waals surface area contributed by atoms with Gasteiger partial charge in [0.1, 0.15) is 11.5 Å². The molecule has 0 saturated carbocycles. The molecular formula is C23H33ClN2O5. The lowest BCUT2D eigenvalue weighted by molar-refractivity contribution is -0.125. The van der Waals surface area contributed by atoms with Gasteiger partial charge in [-0.05, 0) is 55.6 Å². The Morgan fingerprint density at radius 1 is 1.00 bits per heavy atom. The van der Waals surface area contributed by atoms with Crippen LogP contribution in [-0.2, 0) is 16.0 Å². The summed E-state index contributed by atoms with van der Waals surface area (Å²) >= 11 is 0. The second kappa shape index (κ2) is 15.5. The number of hydrogen-bond acceptors (Lipinski definition) is 6. The van der Waals surface area contributed by atoms with Crippen molar-refractivity contribution in [1.82, 2.24) is 5.32 Å². The van der Waals surface area contributed by atoms with Crippen LogP contribution in [0, 0.1) is 0 Å². The van der Waals surface area contributed by atoms with Gasteiger partial charge in [0, 0.05) is 26.7 Å². The molecule has 0 bridgehead atoms. The van der Waals surface area contributed by atoms with E-state index in [0.29, 0.717) is 43.9 Å². The molecule has 8 heteroatoms. The normalized spacial score (nSPS) is 12.5. The number of nitrogens with one attached hydrogen (secondary N) is 1. The fourth-order valence-corrected chi connectivity index (χ4v) is 2.87. The summed E-state index contributed by atoms with van der Waals surface area (Å²) in [6.45, 7) is 1.99. The third-order valence-electron chi connectivity index (χ3n) is 4.51. The van der Waals surface area contributed by atoms with E-state index in [4.69, 9.17) is 19.9 Å². The zero-order valence-electron chi connectivity index (χ0n) is 17.9. The zero-order valence-corrected chi connectivity index (χ0v) is 18.7. The summed E-state index contributed by atoms with van der Waals surface area (Å²) < 4.78 is 16.1. The van der Waals surface area contributed by atoms with Gasteiger partial charge < -0.3 is 30.4 Å². The Balaban J connectivity index is 0.00000480. The van der Waals surface area contributed by atoms with E-state index in [1.807, 2.05) is 54.6 Å². The first kappa shape index (κ1) is 26.7. The van der Waals surface area contributed by atoms with Crippen molar-refractivity contribution in [3.8, 4) is 11.5 Å². The highest BCUT2D eigenvalue weighted by Crippen LogP contribution is 2.16. The zero-order chi connectivity index (χ0) is 21.6. The summed E-state index contributed by atoms with van der Waals surface area (Å²) in [5.74, 6) is 0.802. The second-order valence-corrected chi connectivity index (χ2v) is 6.96. The van der Waals surface area contributed by atoms with Gasteiger partial charge in [-0.25, -0.2) is 0 Å².